The molecule has 2 aromatic rings. The number of nitrogens with two attached hydrogens (primary N) is 1. The Balaban J connectivity index is 1.85. The maximum atomic E-state index is 5.73. The summed E-state index contributed by atoms with van der Waals surface area (Å²) in [6, 6.07) is 0.706. The lowest BCUT2D eigenvalue weighted by Gasteiger charge is -2.22. The number of hydrogen-bond donors (Lipinski definition) is 3. The minimum absolute atomic E-state index is 0.176. The molecule has 14 heteroatoms. The van der Waals surface area contributed by atoms with Crippen molar-refractivity contribution in [1.82, 2.24) is 34.8 Å². The molecular weight excluding hydrogens is 396 g/mol. The summed E-state index contributed by atoms with van der Waals surface area (Å²) in [7, 11) is 5.91. The Morgan fingerprint density at radius 3 is 1.30 bits per heavy atom. The minimum Gasteiger partial charge on any atom is -0.467 e. The molecule has 4 N–H and O–H groups in total. The molecule has 0 bridgehead atoms. The Kier molecular flexibility index (Phi) is 9.47. The highest BCUT2D eigenvalue weighted by molar-refractivity contribution is 5.28. The fourth-order valence-electron chi connectivity index (χ4n) is 2.37. The fourth-order valence-corrected chi connectivity index (χ4v) is 2.37. The van der Waals surface area contributed by atoms with Gasteiger partial charge in [0.2, 0.25) is 11.9 Å². The van der Waals surface area contributed by atoms with Gasteiger partial charge in [-0.3, -0.25) is 4.90 Å². The van der Waals surface area contributed by atoms with Gasteiger partial charge < -0.3 is 35.3 Å². The molecule has 30 heavy (non-hydrogen) atoms. The molecule has 0 amide bonds. The van der Waals surface area contributed by atoms with E-state index in [-0.39, 0.29) is 24.0 Å². The molecule has 0 radical (unpaired) electrons. The van der Waals surface area contributed by atoms with Gasteiger partial charge in [0.25, 0.3) is 0 Å². The number of rotatable bonds is 14. The highest BCUT2D eigenvalue weighted by Crippen LogP contribution is 2.12. The van der Waals surface area contributed by atoms with Gasteiger partial charge >= 0.3 is 24.0 Å². The second-order valence-corrected chi connectivity index (χ2v) is 5.75. The number of ether oxygens (including phenoxy) is 4. The quantitative estimate of drug-likeness (QED) is 0.333. The second kappa shape index (κ2) is 12.3. The molecule has 0 aliphatic carbocycles. The van der Waals surface area contributed by atoms with Gasteiger partial charge in [-0.15, -0.1) is 9.97 Å². The lowest BCUT2D eigenvalue weighted by Crippen LogP contribution is -2.37. The van der Waals surface area contributed by atoms with Gasteiger partial charge in [-0.05, 0) is 0 Å². The predicted octanol–water partition coefficient (Wildman–Crippen LogP) is -1.12. The first-order chi connectivity index (χ1) is 14.6. The third-order valence-corrected chi connectivity index (χ3v) is 3.79. The molecule has 0 aromatic carbocycles. The standard InChI is InChI=1S/C16H28N10O4/c1-27-13-20-11(21-14(24-13)28-2)18-6-9-26(8-5-17)10-7-19-12-22-15(29-3)25-16(23-12)30-4/h5-10,17H2,1-4H3,(H,18,20,21,24)(H,19,22,23,25). The van der Waals surface area contributed by atoms with Crippen LogP contribution in [0.15, 0.2) is 0 Å². The fraction of sp³-hybridized carbons (Fsp3) is 0.625. The average Bonchev–Trinajstić information content (AvgIpc) is 2.78. The van der Waals surface area contributed by atoms with Crippen LogP contribution in [0, 0.1) is 0 Å². The van der Waals surface area contributed by atoms with Crippen molar-refractivity contribution in [2.45, 2.75) is 0 Å². The molecule has 0 saturated heterocycles. The Labute approximate surface area is 174 Å². The van der Waals surface area contributed by atoms with Crippen molar-refractivity contribution < 1.29 is 18.9 Å². The molecule has 2 aromatic heterocycles. The monoisotopic (exact) mass is 424 g/mol. The molecule has 0 atom stereocenters. The van der Waals surface area contributed by atoms with Crippen LogP contribution >= 0.6 is 0 Å². The van der Waals surface area contributed by atoms with E-state index in [9.17, 15) is 0 Å². The van der Waals surface area contributed by atoms with Crippen molar-refractivity contribution in [2.24, 2.45) is 5.73 Å². The Morgan fingerprint density at radius 2 is 1.00 bits per heavy atom. The molecule has 0 spiro atoms. The van der Waals surface area contributed by atoms with Gasteiger partial charge in [0.05, 0.1) is 28.4 Å². The van der Waals surface area contributed by atoms with Crippen molar-refractivity contribution >= 4 is 11.9 Å². The zero-order valence-corrected chi connectivity index (χ0v) is 17.6. The van der Waals surface area contributed by atoms with Crippen LogP contribution in [0.4, 0.5) is 11.9 Å². The zero-order chi connectivity index (χ0) is 21.8. The van der Waals surface area contributed by atoms with Crippen LogP contribution in [0.5, 0.6) is 24.0 Å². The van der Waals surface area contributed by atoms with Gasteiger partial charge in [-0.2, -0.15) is 19.9 Å². The minimum atomic E-state index is 0.176. The number of methoxy groups -OCH3 is 4. The van der Waals surface area contributed by atoms with E-state index in [1.807, 2.05) is 0 Å². The molecule has 0 unspecified atom stereocenters. The first-order valence-electron chi connectivity index (χ1n) is 9.20. The van der Waals surface area contributed by atoms with Crippen molar-refractivity contribution in [3.8, 4) is 24.0 Å². The SMILES string of the molecule is COc1nc(NCCN(CCN)CCNc2nc(OC)nc(OC)n2)nc(OC)n1. The predicted molar refractivity (Wildman–Crippen MR) is 108 cm³/mol. The smallest absolute Gasteiger partial charge is 0.324 e. The van der Waals surface area contributed by atoms with E-state index in [2.05, 4.69) is 45.4 Å². The molecular formula is C16H28N10O4. The Hall–Kier alpha value is -3.26. The van der Waals surface area contributed by atoms with Crippen molar-refractivity contribution in [1.29, 1.82) is 0 Å². The van der Waals surface area contributed by atoms with Crippen molar-refractivity contribution in [3.63, 3.8) is 0 Å². The highest BCUT2D eigenvalue weighted by Gasteiger charge is 2.10. The van der Waals surface area contributed by atoms with E-state index in [1.54, 1.807) is 0 Å². The molecule has 0 saturated carbocycles. The van der Waals surface area contributed by atoms with Crippen LogP contribution in [-0.2, 0) is 0 Å². The molecule has 0 aliphatic heterocycles. The topological polar surface area (TPSA) is 168 Å². The maximum Gasteiger partial charge on any atom is 0.324 e. The summed E-state index contributed by atoms with van der Waals surface area (Å²) in [5.41, 5.74) is 5.73. The molecule has 14 nitrogen and oxygen atoms in total. The lowest BCUT2D eigenvalue weighted by atomic mass is 10.4. The van der Waals surface area contributed by atoms with E-state index in [0.717, 1.165) is 6.54 Å². The number of nitrogens with one attached hydrogen (secondary N) is 2. The van der Waals surface area contributed by atoms with E-state index in [1.165, 1.54) is 28.4 Å². The van der Waals surface area contributed by atoms with E-state index >= 15 is 0 Å². The molecule has 0 aliphatic rings. The van der Waals surface area contributed by atoms with Crippen LogP contribution in [-0.4, -0.2) is 103 Å². The van der Waals surface area contributed by atoms with Gasteiger partial charge in [0.15, 0.2) is 0 Å². The summed E-state index contributed by atoms with van der Waals surface area (Å²) in [5.74, 6) is 0.739. The van der Waals surface area contributed by atoms with Gasteiger partial charge in [0, 0.05) is 39.3 Å². The molecule has 0 fully saturated rings. The molecule has 166 valence electrons. The number of hydrogen-bond acceptors (Lipinski definition) is 14. The first kappa shape index (κ1) is 23.0. The van der Waals surface area contributed by atoms with E-state index in [4.69, 9.17) is 24.7 Å². The average molecular weight is 424 g/mol. The first-order valence-corrected chi connectivity index (χ1v) is 9.20. The zero-order valence-electron chi connectivity index (χ0n) is 17.6. The Morgan fingerprint density at radius 1 is 0.633 bits per heavy atom. The molecule has 2 heterocycles. The van der Waals surface area contributed by atoms with E-state index < -0.39 is 0 Å². The van der Waals surface area contributed by atoms with E-state index in [0.29, 0.717) is 44.6 Å². The third kappa shape index (κ3) is 7.29. The Bertz CT molecular complexity index is 676. The van der Waals surface area contributed by atoms with Crippen LogP contribution in [0.3, 0.4) is 0 Å². The summed E-state index contributed by atoms with van der Waals surface area (Å²) in [6.45, 7) is 3.84. The van der Waals surface area contributed by atoms with Crippen molar-refractivity contribution in [2.75, 3.05) is 78.3 Å². The number of anilines is 2. The summed E-state index contributed by atoms with van der Waals surface area (Å²) in [6.07, 6.45) is 0. The van der Waals surface area contributed by atoms with Crippen LogP contribution < -0.4 is 35.3 Å². The maximum absolute atomic E-state index is 5.73. The lowest BCUT2D eigenvalue weighted by molar-refractivity contribution is 0.302. The summed E-state index contributed by atoms with van der Waals surface area (Å²) in [4.78, 5) is 26.7. The summed E-state index contributed by atoms with van der Waals surface area (Å²) < 4.78 is 20.2. The van der Waals surface area contributed by atoms with Gasteiger partial charge in [0.1, 0.15) is 0 Å². The third-order valence-electron chi connectivity index (χ3n) is 3.79. The van der Waals surface area contributed by atoms with Gasteiger partial charge in [-0.1, -0.05) is 0 Å². The molecule has 2 rings (SSSR count). The van der Waals surface area contributed by atoms with Crippen LogP contribution in [0.2, 0.25) is 0 Å². The summed E-state index contributed by atoms with van der Waals surface area (Å²) >= 11 is 0. The second-order valence-electron chi connectivity index (χ2n) is 5.75. The van der Waals surface area contributed by atoms with Gasteiger partial charge in [-0.25, -0.2) is 0 Å². The number of aromatic nitrogens is 6. The normalized spacial score (nSPS) is 10.6. The van der Waals surface area contributed by atoms with Crippen molar-refractivity contribution in [3.05, 3.63) is 0 Å². The largest absolute Gasteiger partial charge is 0.467 e. The summed E-state index contributed by atoms with van der Waals surface area (Å²) in [5, 5.41) is 6.26. The number of nitrogens with zero attached hydrogens (tertiary/aromatic N) is 7. The van der Waals surface area contributed by atoms with Crippen LogP contribution in [0.25, 0.3) is 0 Å². The van der Waals surface area contributed by atoms with Crippen LogP contribution in [0.1, 0.15) is 0 Å². The highest BCUT2D eigenvalue weighted by atomic mass is 16.5.